The number of nitrogens with zero attached hydrogens (tertiary/aromatic N) is 6. The largest absolute Gasteiger partial charge is 0.351 e. The lowest BCUT2D eigenvalue weighted by atomic mass is 9.86. The molecule has 2 aliphatic rings. The van der Waals surface area contributed by atoms with Gasteiger partial charge in [0, 0.05) is 13.0 Å². The van der Waals surface area contributed by atoms with Gasteiger partial charge in [-0.05, 0) is 58.0 Å². The predicted octanol–water partition coefficient (Wildman–Crippen LogP) is 4.49. The molecule has 0 bridgehead atoms. The lowest BCUT2D eigenvalue weighted by Gasteiger charge is -2.41. The number of carbonyl (C=O) groups is 1. The van der Waals surface area contributed by atoms with Crippen LogP contribution in [0, 0.1) is 11.3 Å². The van der Waals surface area contributed by atoms with E-state index in [0.717, 1.165) is 0 Å². The molecule has 14 nitrogen and oxygen atoms in total. The average molecular weight is 802 g/mol. The summed E-state index contributed by atoms with van der Waals surface area (Å²) < 4.78 is 64.3. The highest BCUT2D eigenvalue weighted by atomic mass is 35.5. The first-order valence-electron chi connectivity index (χ1n) is 14.9. The summed E-state index contributed by atoms with van der Waals surface area (Å²) in [6.45, 7) is 2.30. The molecule has 0 radical (unpaired) electrons. The first-order chi connectivity index (χ1) is 21.9. The molecular formula is C26H38Cl5N7O7S2. The van der Waals surface area contributed by atoms with Crippen LogP contribution in [0.25, 0.3) is 0 Å². The van der Waals surface area contributed by atoms with E-state index in [0.29, 0.717) is 45.2 Å². The number of unbranched alkanes of at least 4 members (excludes halogenated alkanes) is 2. The zero-order chi connectivity index (χ0) is 35.1. The van der Waals surface area contributed by atoms with Crippen molar-refractivity contribution in [2.45, 2.75) is 103 Å². The molecule has 1 aromatic heterocycles. The third-order valence-electron chi connectivity index (χ3n) is 8.23. The van der Waals surface area contributed by atoms with Crippen LogP contribution in [0.2, 0.25) is 0 Å². The normalized spacial score (nSPS) is 30.4. The number of hydrogen-bond acceptors (Lipinski definition) is 10. The SMILES string of the molecule is CC(=O)NC1CC(N(CCCCS(=O)(=O)O)CCCCS(=O)(=O)O)CCC1N=Nc1c(C#N)cnn1C1C(Cl)C(Cl)C(Cl)C(Cl)C1Cl. The average Bonchev–Trinajstić information content (AvgIpc) is 3.38. The zero-order valence-corrected chi connectivity index (χ0v) is 30.8. The van der Waals surface area contributed by atoms with Gasteiger partial charge in [-0.1, -0.05) is 0 Å². The van der Waals surface area contributed by atoms with Gasteiger partial charge in [0.05, 0.1) is 62.7 Å². The van der Waals surface area contributed by atoms with E-state index in [4.69, 9.17) is 67.1 Å². The van der Waals surface area contributed by atoms with E-state index >= 15 is 0 Å². The van der Waals surface area contributed by atoms with Gasteiger partial charge < -0.3 is 10.2 Å². The minimum atomic E-state index is -4.11. The van der Waals surface area contributed by atoms with Crippen LogP contribution in [0.15, 0.2) is 16.4 Å². The lowest BCUT2D eigenvalue weighted by Crippen LogP contribution is -2.52. The maximum atomic E-state index is 12.2. The highest BCUT2D eigenvalue weighted by Crippen LogP contribution is 2.45. The molecule has 7 unspecified atom stereocenters. The van der Waals surface area contributed by atoms with Crippen molar-refractivity contribution in [1.82, 2.24) is 20.0 Å². The van der Waals surface area contributed by atoms with Crippen LogP contribution in [-0.4, -0.2) is 116 Å². The van der Waals surface area contributed by atoms with E-state index < -0.39 is 65.2 Å². The number of aromatic nitrogens is 2. The second kappa shape index (κ2) is 17.8. The molecule has 47 heavy (non-hydrogen) atoms. The van der Waals surface area contributed by atoms with Crippen LogP contribution < -0.4 is 5.32 Å². The smallest absolute Gasteiger partial charge is 0.264 e. The van der Waals surface area contributed by atoms with Gasteiger partial charge in [0.1, 0.15) is 11.6 Å². The van der Waals surface area contributed by atoms with Crippen molar-refractivity contribution < 1.29 is 30.7 Å². The van der Waals surface area contributed by atoms with Gasteiger partial charge in [0.15, 0.2) is 5.82 Å². The molecule has 3 N–H and O–H groups in total. The number of nitriles is 1. The zero-order valence-electron chi connectivity index (χ0n) is 25.4. The summed E-state index contributed by atoms with van der Waals surface area (Å²) in [6.07, 6.45) is 4.18. The van der Waals surface area contributed by atoms with Gasteiger partial charge in [-0.15, -0.1) is 63.1 Å². The van der Waals surface area contributed by atoms with E-state index in [2.05, 4.69) is 25.5 Å². The second-order valence-electron chi connectivity index (χ2n) is 11.7. The summed E-state index contributed by atoms with van der Waals surface area (Å²) in [4.78, 5) is 14.3. The van der Waals surface area contributed by atoms with Crippen molar-refractivity contribution in [3.63, 3.8) is 0 Å². The summed E-state index contributed by atoms with van der Waals surface area (Å²) in [5.74, 6) is -0.962. The molecule has 0 aromatic carbocycles. The Morgan fingerprint density at radius 2 is 1.51 bits per heavy atom. The summed E-state index contributed by atoms with van der Waals surface area (Å²) in [5, 5.41) is 22.1. The first-order valence-corrected chi connectivity index (χ1v) is 20.3. The Bertz CT molecular complexity index is 1460. The third kappa shape index (κ3) is 11.8. The fourth-order valence-electron chi connectivity index (χ4n) is 5.92. The van der Waals surface area contributed by atoms with Crippen LogP contribution in [0.3, 0.4) is 0 Å². The van der Waals surface area contributed by atoms with Crippen molar-refractivity contribution in [3.05, 3.63) is 11.8 Å². The molecule has 2 saturated carbocycles. The van der Waals surface area contributed by atoms with E-state index in [1.165, 1.54) is 17.8 Å². The third-order valence-corrected chi connectivity index (χ3v) is 13.0. The summed E-state index contributed by atoms with van der Waals surface area (Å²) in [7, 11) is -8.22. The number of alkyl halides is 5. The quantitative estimate of drug-likeness (QED) is 0.0980. The Morgan fingerprint density at radius 1 is 0.979 bits per heavy atom. The standard InChI is InChI=1S/C26H38Cl5N7O7S2/c1-15(39)34-19-12-17(37(8-2-4-10-46(40,41)42)9-3-5-11-47(43,44)45)6-7-18(19)35-36-26-16(13-32)14-33-38(26)25-23(30)21(28)20(27)22(29)24(25)31/h14,17-25H,2-12H2,1H3,(H,34,39)(H,40,41,42)(H,43,44,45). The van der Waals surface area contributed by atoms with Crippen molar-refractivity contribution in [2.75, 3.05) is 24.6 Å². The van der Waals surface area contributed by atoms with Crippen LogP contribution >= 0.6 is 58.0 Å². The number of halogens is 5. The van der Waals surface area contributed by atoms with Crippen LogP contribution in [-0.2, 0) is 25.0 Å². The molecule has 0 spiro atoms. The lowest BCUT2D eigenvalue weighted by molar-refractivity contribution is -0.120. The van der Waals surface area contributed by atoms with Crippen molar-refractivity contribution in [1.29, 1.82) is 5.26 Å². The number of azo groups is 1. The fraction of sp³-hybridized carbons (Fsp3) is 0.808. The molecule has 1 heterocycles. The molecule has 1 amide bonds. The van der Waals surface area contributed by atoms with Gasteiger partial charge in [0.2, 0.25) is 5.91 Å². The predicted molar refractivity (Wildman–Crippen MR) is 181 cm³/mol. The minimum Gasteiger partial charge on any atom is -0.351 e. The van der Waals surface area contributed by atoms with E-state index in [1.54, 1.807) is 0 Å². The number of hydrogen-bond donors (Lipinski definition) is 3. The number of carbonyl (C=O) groups excluding carboxylic acids is 1. The molecular weight excluding hydrogens is 764 g/mol. The van der Waals surface area contributed by atoms with Gasteiger partial charge in [-0.25, -0.2) is 4.68 Å². The van der Waals surface area contributed by atoms with E-state index in [1.807, 2.05) is 6.07 Å². The van der Waals surface area contributed by atoms with Gasteiger partial charge in [-0.3, -0.25) is 13.9 Å². The van der Waals surface area contributed by atoms with E-state index in [-0.39, 0.29) is 47.7 Å². The highest BCUT2D eigenvalue weighted by Gasteiger charge is 2.50. The Morgan fingerprint density at radius 3 is 2.00 bits per heavy atom. The summed E-state index contributed by atoms with van der Waals surface area (Å²) >= 11 is 32.5. The van der Waals surface area contributed by atoms with Gasteiger partial charge in [-0.2, -0.15) is 32.3 Å². The Balaban J connectivity index is 1.82. The summed E-state index contributed by atoms with van der Waals surface area (Å²) in [5.41, 5.74) is 0.109. The molecule has 7 atom stereocenters. The molecule has 21 heteroatoms. The Hall–Kier alpha value is -1.00. The van der Waals surface area contributed by atoms with Crippen molar-refractivity contribution in [2.24, 2.45) is 10.2 Å². The van der Waals surface area contributed by atoms with Crippen LogP contribution in [0.5, 0.6) is 0 Å². The second-order valence-corrected chi connectivity index (χ2v) is 17.4. The summed E-state index contributed by atoms with van der Waals surface area (Å²) in [6, 6.07) is 0.214. The molecule has 3 rings (SSSR count). The van der Waals surface area contributed by atoms with Crippen LogP contribution in [0.1, 0.15) is 63.5 Å². The molecule has 0 saturated heterocycles. The number of rotatable bonds is 15. The van der Waals surface area contributed by atoms with Gasteiger partial charge >= 0.3 is 0 Å². The molecule has 266 valence electrons. The Labute approximate surface area is 300 Å². The highest BCUT2D eigenvalue weighted by molar-refractivity contribution is 7.86. The van der Waals surface area contributed by atoms with Crippen molar-refractivity contribution >= 4 is 90.0 Å². The topological polar surface area (TPSA) is 207 Å². The molecule has 2 aliphatic carbocycles. The maximum Gasteiger partial charge on any atom is 0.264 e. The van der Waals surface area contributed by atoms with Gasteiger partial charge in [0.25, 0.3) is 20.2 Å². The Kier molecular flexibility index (Phi) is 15.3. The first kappa shape index (κ1) is 40.4. The molecule has 0 aliphatic heterocycles. The number of nitrogens with one attached hydrogen (secondary N) is 1. The molecule has 1 aromatic rings. The monoisotopic (exact) mass is 799 g/mol. The number of amides is 1. The van der Waals surface area contributed by atoms with Crippen molar-refractivity contribution in [3.8, 4) is 6.07 Å². The van der Waals surface area contributed by atoms with E-state index in [9.17, 15) is 26.9 Å². The minimum absolute atomic E-state index is 0.0870. The molecule has 2 fully saturated rings. The fourth-order valence-corrected chi connectivity index (χ4v) is 9.13. The van der Waals surface area contributed by atoms with Crippen LogP contribution in [0.4, 0.5) is 5.82 Å². The maximum absolute atomic E-state index is 12.2.